The van der Waals surface area contributed by atoms with Gasteiger partial charge in [0.1, 0.15) is 11.4 Å². The largest absolute Gasteiger partial charge is 0.462 e. The Morgan fingerprint density at radius 3 is 2.77 bits per heavy atom. The molecule has 0 unspecified atom stereocenters. The molecule has 1 aromatic carbocycles. The zero-order valence-electron chi connectivity index (χ0n) is 16.8. The van der Waals surface area contributed by atoms with Gasteiger partial charge >= 0.3 is 5.97 Å². The van der Waals surface area contributed by atoms with E-state index in [4.69, 9.17) is 4.74 Å². The molecule has 1 aliphatic heterocycles. The molecule has 0 bridgehead atoms. The van der Waals surface area contributed by atoms with Gasteiger partial charge in [0.2, 0.25) is 0 Å². The Morgan fingerprint density at radius 1 is 1.20 bits per heavy atom. The Kier molecular flexibility index (Phi) is 5.80. The van der Waals surface area contributed by atoms with Crippen molar-refractivity contribution in [1.29, 1.82) is 0 Å². The number of hydrogen-bond acceptors (Lipinski definition) is 6. The quantitative estimate of drug-likeness (QED) is 0.645. The zero-order valence-corrected chi connectivity index (χ0v) is 16.8. The predicted octanol–water partition coefficient (Wildman–Crippen LogP) is 2.05. The van der Waals surface area contributed by atoms with Crippen molar-refractivity contribution >= 4 is 17.3 Å². The highest BCUT2D eigenvalue weighted by molar-refractivity contribution is 5.95. The minimum atomic E-state index is -0.509. The highest BCUT2D eigenvalue weighted by Gasteiger charge is 2.19. The van der Waals surface area contributed by atoms with Crippen LogP contribution >= 0.6 is 0 Å². The lowest BCUT2D eigenvalue weighted by atomic mass is 10.2. The average Bonchev–Trinajstić information content (AvgIpc) is 3.02. The van der Waals surface area contributed by atoms with E-state index in [-0.39, 0.29) is 29.2 Å². The summed E-state index contributed by atoms with van der Waals surface area (Å²) >= 11 is 0. The minimum absolute atomic E-state index is 0.241. The Morgan fingerprint density at radius 2 is 2.00 bits per heavy atom. The average molecular weight is 413 g/mol. The number of rotatable bonds is 5. The Balaban J connectivity index is 1.50. The first-order chi connectivity index (χ1) is 14.5. The van der Waals surface area contributed by atoms with Gasteiger partial charge in [-0.05, 0) is 37.6 Å². The molecule has 158 valence electrons. The van der Waals surface area contributed by atoms with Crippen molar-refractivity contribution < 1.29 is 13.9 Å². The van der Waals surface area contributed by atoms with Gasteiger partial charge in [0.25, 0.3) is 5.56 Å². The molecule has 0 radical (unpaired) electrons. The van der Waals surface area contributed by atoms with Gasteiger partial charge in [0.15, 0.2) is 5.65 Å². The van der Waals surface area contributed by atoms with Crippen molar-refractivity contribution in [3.05, 3.63) is 64.0 Å². The molecular formula is C21H24FN5O3. The maximum Gasteiger partial charge on any atom is 0.343 e. The molecule has 1 N–H and O–H groups in total. The molecule has 4 rings (SSSR count). The van der Waals surface area contributed by atoms with Gasteiger partial charge < -0.3 is 9.64 Å². The summed E-state index contributed by atoms with van der Waals surface area (Å²) in [6.45, 7) is 5.81. The minimum Gasteiger partial charge on any atom is -0.462 e. The third-order valence-corrected chi connectivity index (χ3v) is 5.21. The number of carbonyl (C=O) groups is 1. The fourth-order valence-corrected chi connectivity index (χ4v) is 3.74. The SMILES string of the molecule is CCOC(=O)c1c[nH]n2c(=O)cc(CN3CCCN(c4ccc(F)cc4)CC3)nc12. The van der Waals surface area contributed by atoms with Crippen molar-refractivity contribution in [2.75, 3.05) is 37.7 Å². The van der Waals surface area contributed by atoms with Crippen LogP contribution in [0.4, 0.5) is 10.1 Å². The van der Waals surface area contributed by atoms with E-state index in [0.29, 0.717) is 12.2 Å². The highest BCUT2D eigenvalue weighted by atomic mass is 19.1. The lowest BCUT2D eigenvalue weighted by molar-refractivity contribution is 0.0528. The second kappa shape index (κ2) is 8.66. The van der Waals surface area contributed by atoms with Gasteiger partial charge in [-0.25, -0.2) is 18.7 Å². The van der Waals surface area contributed by atoms with E-state index in [0.717, 1.165) is 38.3 Å². The second-order valence-corrected chi connectivity index (χ2v) is 7.25. The Bertz CT molecular complexity index is 1090. The maximum absolute atomic E-state index is 13.2. The van der Waals surface area contributed by atoms with Crippen LogP contribution in [0.5, 0.6) is 0 Å². The summed E-state index contributed by atoms with van der Waals surface area (Å²) < 4.78 is 19.5. The number of fused-ring (bicyclic) bond motifs is 1. The number of halogens is 1. The predicted molar refractivity (Wildman–Crippen MR) is 110 cm³/mol. The van der Waals surface area contributed by atoms with E-state index in [1.54, 1.807) is 19.1 Å². The fourth-order valence-electron chi connectivity index (χ4n) is 3.74. The molecule has 0 atom stereocenters. The summed E-state index contributed by atoms with van der Waals surface area (Å²) in [7, 11) is 0. The van der Waals surface area contributed by atoms with Crippen LogP contribution < -0.4 is 10.5 Å². The third kappa shape index (κ3) is 4.20. The molecule has 0 saturated carbocycles. The number of benzene rings is 1. The molecule has 9 heteroatoms. The van der Waals surface area contributed by atoms with Crippen LogP contribution in [0.2, 0.25) is 0 Å². The van der Waals surface area contributed by atoms with Crippen molar-refractivity contribution in [1.82, 2.24) is 19.5 Å². The van der Waals surface area contributed by atoms with Gasteiger partial charge in [-0.2, -0.15) is 0 Å². The fraction of sp³-hybridized carbons (Fsp3) is 0.381. The number of nitrogens with one attached hydrogen (secondary N) is 1. The highest BCUT2D eigenvalue weighted by Crippen LogP contribution is 2.18. The van der Waals surface area contributed by atoms with Gasteiger partial charge in [0, 0.05) is 50.7 Å². The molecule has 3 aromatic rings. The van der Waals surface area contributed by atoms with Crippen LogP contribution in [-0.4, -0.2) is 58.3 Å². The van der Waals surface area contributed by atoms with Crippen molar-refractivity contribution in [3.8, 4) is 0 Å². The van der Waals surface area contributed by atoms with E-state index in [1.165, 1.54) is 28.9 Å². The summed E-state index contributed by atoms with van der Waals surface area (Å²) in [5, 5.41) is 2.76. The summed E-state index contributed by atoms with van der Waals surface area (Å²) in [5.41, 5.74) is 1.86. The second-order valence-electron chi connectivity index (χ2n) is 7.25. The number of aromatic nitrogens is 3. The number of esters is 1. The van der Waals surface area contributed by atoms with E-state index in [1.807, 2.05) is 0 Å². The molecule has 1 saturated heterocycles. The number of hydrogen-bond donors (Lipinski definition) is 1. The molecule has 0 amide bonds. The molecule has 2 aromatic heterocycles. The molecule has 0 spiro atoms. The Labute approximate surface area is 172 Å². The van der Waals surface area contributed by atoms with Crippen molar-refractivity contribution in [2.45, 2.75) is 19.9 Å². The van der Waals surface area contributed by atoms with Gasteiger partial charge in [0.05, 0.1) is 12.3 Å². The molecule has 1 aliphatic rings. The standard InChI is InChI=1S/C21H24FN5O3/c1-2-30-21(29)18-13-23-27-19(28)12-16(24-20(18)27)14-25-8-3-9-26(11-10-25)17-6-4-15(22)5-7-17/h4-7,12-13,23H,2-3,8-11,14H2,1H3. The number of nitrogens with zero attached hydrogens (tertiary/aromatic N) is 4. The van der Waals surface area contributed by atoms with Gasteiger partial charge in [-0.3, -0.25) is 14.8 Å². The maximum atomic E-state index is 13.2. The van der Waals surface area contributed by atoms with Crippen LogP contribution in [0, 0.1) is 5.82 Å². The summed E-state index contributed by atoms with van der Waals surface area (Å²) in [6.07, 6.45) is 2.38. The van der Waals surface area contributed by atoms with Crippen LogP contribution in [0.15, 0.2) is 41.3 Å². The number of anilines is 1. The monoisotopic (exact) mass is 413 g/mol. The van der Waals surface area contributed by atoms with Crippen molar-refractivity contribution in [2.24, 2.45) is 0 Å². The van der Waals surface area contributed by atoms with Crippen molar-refractivity contribution in [3.63, 3.8) is 0 Å². The smallest absolute Gasteiger partial charge is 0.343 e. The van der Waals surface area contributed by atoms with Gasteiger partial charge in [-0.1, -0.05) is 0 Å². The first-order valence-electron chi connectivity index (χ1n) is 10.0. The molecule has 0 aliphatic carbocycles. The zero-order chi connectivity index (χ0) is 21.1. The molecule has 8 nitrogen and oxygen atoms in total. The van der Waals surface area contributed by atoms with E-state index in [2.05, 4.69) is 19.9 Å². The lowest BCUT2D eigenvalue weighted by Gasteiger charge is -2.23. The first-order valence-corrected chi connectivity index (χ1v) is 10.0. The normalized spacial score (nSPS) is 15.3. The number of H-pyrrole nitrogens is 1. The molecule has 30 heavy (non-hydrogen) atoms. The molecule has 1 fully saturated rings. The molecular weight excluding hydrogens is 389 g/mol. The van der Waals surface area contributed by atoms with Crippen LogP contribution in [-0.2, 0) is 11.3 Å². The summed E-state index contributed by atoms with van der Waals surface area (Å²) in [4.78, 5) is 33.6. The number of aromatic amines is 1. The van der Waals surface area contributed by atoms with Crippen LogP contribution in [0.3, 0.4) is 0 Å². The lowest BCUT2D eigenvalue weighted by Crippen LogP contribution is -2.31. The van der Waals surface area contributed by atoms with Gasteiger partial charge in [-0.15, -0.1) is 0 Å². The van der Waals surface area contributed by atoms with E-state index in [9.17, 15) is 14.0 Å². The first kappa shape index (κ1) is 20.1. The Hall–Kier alpha value is -3.20. The van der Waals surface area contributed by atoms with Crippen LogP contribution in [0.25, 0.3) is 5.65 Å². The van der Waals surface area contributed by atoms with Crippen LogP contribution in [0.1, 0.15) is 29.4 Å². The summed E-state index contributed by atoms with van der Waals surface area (Å²) in [6, 6.07) is 8.03. The third-order valence-electron chi connectivity index (χ3n) is 5.21. The van der Waals surface area contributed by atoms with E-state index >= 15 is 0 Å². The number of carbonyl (C=O) groups excluding carboxylic acids is 1. The topological polar surface area (TPSA) is 82.9 Å². The van der Waals surface area contributed by atoms with E-state index < -0.39 is 5.97 Å². The molecule has 3 heterocycles. The number of ether oxygens (including phenoxy) is 1. The summed E-state index contributed by atoms with van der Waals surface area (Å²) in [5.74, 6) is -0.750.